The normalized spacial score (nSPS) is 29.6. The molecule has 0 saturated heterocycles. The van der Waals surface area contributed by atoms with Crippen molar-refractivity contribution in [1.82, 2.24) is 5.32 Å². The molecule has 1 rings (SSSR count). The van der Waals surface area contributed by atoms with Crippen LogP contribution in [0.1, 0.15) is 6.92 Å². The van der Waals surface area contributed by atoms with Gasteiger partial charge in [0.25, 0.3) is 0 Å². The SMILES string of the molecule is COC(=O)C1=C[C@@H](N)[C@@H](NC(C)=O)[C@@H]1O. The van der Waals surface area contributed by atoms with Gasteiger partial charge in [0.2, 0.25) is 5.91 Å². The third-order valence-corrected chi connectivity index (χ3v) is 2.24. The molecule has 15 heavy (non-hydrogen) atoms. The van der Waals surface area contributed by atoms with Crippen LogP contribution < -0.4 is 11.1 Å². The van der Waals surface area contributed by atoms with Crippen LogP contribution in [-0.4, -0.2) is 42.3 Å². The number of ether oxygens (including phenoxy) is 1. The summed E-state index contributed by atoms with van der Waals surface area (Å²) < 4.78 is 4.47. The summed E-state index contributed by atoms with van der Waals surface area (Å²) in [7, 11) is 1.22. The maximum absolute atomic E-state index is 11.2. The smallest absolute Gasteiger partial charge is 0.336 e. The van der Waals surface area contributed by atoms with Crippen LogP contribution in [0.25, 0.3) is 0 Å². The van der Waals surface area contributed by atoms with E-state index in [1.165, 1.54) is 20.1 Å². The van der Waals surface area contributed by atoms with Crippen molar-refractivity contribution in [2.75, 3.05) is 7.11 Å². The van der Waals surface area contributed by atoms with E-state index in [-0.39, 0.29) is 11.5 Å². The molecule has 0 radical (unpaired) electrons. The van der Waals surface area contributed by atoms with Crippen molar-refractivity contribution in [3.05, 3.63) is 11.6 Å². The first-order chi connectivity index (χ1) is 6.97. The van der Waals surface area contributed by atoms with Crippen molar-refractivity contribution in [3.8, 4) is 0 Å². The molecule has 84 valence electrons. The predicted molar refractivity (Wildman–Crippen MR) is 51.7 cm³/mol. The minimum absolute atomic E-state index is 0.0868. The number of hydrogen-bond acceptors (Lipinski definition) is 5. The Labute approximate surface area is 87.1 Å². The number of nitrogens with two attached hydrogens (primary N) is 1. The lowest BCUT2D eigenvalue weighted by atomic mass is 10.1. The molecule has 0 spiro atoms. The number of hydrogen-bond donors (Lipinski definition) is 3. The van der Waals surface area contributed by atoms with Gasteiger partial charge < -0.3 is 20.9 Å². The molecule has 6 nitrogen and oxygen atoms in total. The van der Waals surface area contributed by atoms with Gasteiger partial charge in [-0.05, 0) is 0 Å². The van der Waals surface area contributed by atoms with Crippen LogP contribution in [0.2, 0.25) is 0 Å². The van der Waals surface area contributed by atoms with Gasteiger partial charge in [-0.2, -0.15) is 0 Å². The van der Waals surface area contributed by atoms with Crippen molar-refractivity contribution >= 4 is 11.9 Å². The molecular weight excluding hydrogens is 200 g/mol. The summed E-state index contributed by atoms with van der Waals surface area (Å²) >= 11 is 0. The quantitative estimate of drug-likeness (QED) is 0.475. The van der Waals surface area contributed by atoms with Crippen LogP contribution in [0.15, 0.2) is 11.6 Å². The highest BCUT2D eigenvalue weighted by Crippen LogP contribution is 2.20. The van der Waals surface area contributed by atoms with E-state index in [0.29, 0.717) is 0 Å². The largest absolute Gasteiger partial charge is 0.466 e. The van der Waals surface area contributed by atoms with E-state index in [2.05, 4.69) is 10.1 Å². The molecule has 0 aliphatic heterocycles. The Balaban J connectivity index is 2.77. The van der Waals surface area contributed by atoms with Gasteiger partial charge in [-0.25, -0.2) is 4.79 Å². The van der Waals surface area contributed by atoms with E-state index in [4.69, 9.17) is 5.73 Å². The fourth-order valence-corrected chi connectivity index (χ4v) is 1.53. The van der Waals surface area contributed by atoms with Crippen LogP contribution in [0.5, 0.6) is 0 Å². The Morgan fingerprint density at radius 3 is 2.67 bits per heavy atom. The zero-order chi connectivity index (χ0) is 11.6. The summed E-state index contributed by atoms with van der Waals surface area (Å²) in [5.41, 5.74) is 5.73. The maximum Gasteiger partial charge on any atom is 0.336 e. The summed E-state index contributed by atoms with van der Waals surface area (Å²) in [6.07, 6.45) is 0.285. The fraction of sp³-hybridized carbons (Fsp3) is 0.556. The number of esters is 1. The van der Waals surface area contributed by atoms with Gasteiger partial charge in [0.1, 0.15) is 6.10 Å². The van der Waals surface area contributed by atoms with Crippen molar-refractivity contribution in [2.24, 2.45) is 5.73 Å². The van der Waals surface area contributed by atoms with E-state index in [9.17, 15) is 14.7 Å². The highest BCUT2D eigenvalue weighted by molar-refractivity contribution is 5.91. The highest BCUT2D eigenvalue weighted by Gasteiger charge is 2.38. The first-order valence-corrected chi connectivity index (χ1v) is 4.48. The number of carbonyl (C=O) groups excluding carboxylic acids is 2. The van der Waals surface area contributed by atoms with Gasteiger partial charge in [0.05, 0.1) is 18.7 Å². The van der Waals surface area contributed by atoms with Crippen LogP contribution >= 0.6 is 0 Å². The van der Waals surface area contributed by atoms with E-state index in [1.807, 2.05) is 0 Å². The lowest BCUT2D eigenvalue weighted by Crippen LogP contribution is -2.50. The molecule has 6 heteroatoms. The number of amides is 1. The third kappa shape index (κ3) is 2.34. The zero-order valence-corrected chi connectivity index (χ0v) is 8.56. The Kier molecular flexibility index (Phi) is 3.43. The van der Waals surface area contributed by atoms with Crippen molar-refractivity contribution < 1.29 is 19.4 Å². The molecule has 3 atom stereocenters. The van der Waals surface area contributed by atoms with E-state index < -0.39 is 24.2 Å². The molecule has 0 fully saturated rings. The Bertz CT molecular complexity index is 313. The van der Waals surface area contributed by atoms with Gasteiger partial charge in [-0.15, -0.1) is 0 Å². The van der Waals surface area contributed by atoms with Gasteiger partial charge >= 0.3 is 5.97 Å². The molecule has 0 aromatic rings. The van der Waals surface area contributed by atoms with Crippen LogP contribution in [-0.2, 0) is 14.3 Å². The second-order valence-corrected chi connectivity index (χ2v) is 3.36. The van der Waals surface area contributed by atoms with Gasteiger partial charge in [-0.1, -0.05) is 6.08 Å². The molecule has 0 unspecified atom stereocenters. The lowest BCUT2D eigenvalue weighted by molar-refractivity contribution is -0.137. The minimum Gasteiger partial charge on any atom is -0.466 e. The van der Waals surface area contributed by atoms with E-state index >= 15 is 0 Å². The third-order valence-electron chi connectivity index (χ3n) is 2.24. The maximum atomic E-state index is 11.2. The number of rotatable bonds is 2. The van der Waals surface area contributed by atoms with Crippen LogP contribution in [0.4, 0.5) is 0 Å². The fourth-order valence-electron chi connectivity index (χ4n) is 1.53. The Morgan fingerprint density at radius 2 is 2.20 bits per heavy atom. The Morgan fingerprint density at radius 1 is 1.60 bits per heavy atom. The van der Waals surface area contributed by atoms with Gasteiger partial charge in [-0.3, -0.25) is 4.79 Å². The lowest BCUT2D eigenvalue weighted by Gasteiger charge is -2.20. The Hall–Kier alpha value is -1.40. The molecule has 1 amide bonds. The number of aliphatic hydroxyl groups excluding tert-OH is 1. The number of carbonyl (C=O) groups is 2. The van der Waals surface area contributed by atoms with Gasteiger partial charge in [0, 0.05) is 13.0 Å². The predicted octanol–water partition coefficient (Wildman–Crippen LogP) is -1.71. The highest BCUT2D eigenvalue weighted by atomic mass is 16.5. The molecule has 0 heterocycles. The van der Waals surface area contributed by atoms with Gasteiger partial charge in [0.15, 0.2) is 0 Å². The molecule has 0 aromatic heterocycles. The summed E-state index contributed by atoms with van der Waals surface area (Å²) in [5, 5.41) is 12.2. The summed E-state index contributed by atoms with van der Waals surface area (Å²) in [4.78, 5) is 22.0. The molecular formula is C9H14N2O4. The first-order valence-electron chi connectivity index (χ1n) is 4.48. The summed E-state index contributed by atoms with van der Waals surface area (Å²) in [6.45, 7) is 1.32. The van der Waals surface area contributed by atoms with Crippen molar-refractivity contribution in [2.45, 2.75) is 25.1 Å². The van der Waals surface area contributed by atoms with E-state index in [0.717, 1.165) is 0 Å². The second-order valence-electron chi connectivity index (χ2n) is 3.36. The summed E-state index contributed by atoms with van der Waals surface area (Å²) in [6, 6.07) is -1.26. The minimum atomic E-state index is -1.11. The topological polar surface area (TPSA) is 102 Å². The number of nitrogens with one attached hydrogen (secondary N) is 1. The van der Waals surface area contributed by atoms with Crippen LogP contribution in [0, 0.1) is 0 Å². The molecule has 4 N–H and O–H groups in total. The number of aliphatic hydroxyl groups is 1. The second kappa shape index (κ2) is 4.41. The van der Waals surface area contributed by atoms with Crippen molar-refractivity contribution in [3.63, 3.8) is 0 Å². The molecule has 1 aliphatic carbocycles. The average molecular weight is 214 g/mol. The molecule has 0 saturated carbocycles. The van der Waals surface area contributed by atoms with Crippen LogP contribution in [0.3, 0.4) is 0 Å². The molecule has 0 aromatic carbocycles. The summed E-state index contributed by atoms with van der Waals surface area (Å²) in [5.74, 6) is -0.945. The standard InChI is InChI=1S/C9H14N2O4/c1-4(12)11-7-6(10)3-5(8(7)13)9(14)15-2/h3,6-8,13H,10H2,1-2H3,(H,11,12)/t6-,7-,8-/m1/s1. The zero-order valence-electron chi connectivity index (χ0n) is 8.56. The monoisotopic (exact) mass is 214 g/mol. The molecule has 1 aliphatic rings. The average Bonchev–Trinajstić information content (AvgIpc) is 2.44. The number of methoxy groups -OCH3 is 1. The van der Waals surface area contributed by atoms with E-state index in [1.54, 1.807) is 0 Å². The molecule has 0 bridgehead atoms. The first kappa shape index (κ1) is 11.7. The van der Waals surface area contributed by atoms with Crippen molar-refractivity contribution in [1.29, 1.82) is 0 Å².